The van der Waals surface area contributed by atoms with E-state index in [-0.39, 0.29) is 12.2 Å². The molecule has 3 aromatic rings. The monoisotopic (exact) mass is 368 g/mol. The minimum atomic E-state index is -0.678. The van der Waals surface area contributed by atoms with E-state index in [1.807, 2.05) is 0 Å². The zero-order valence-corrected chi connectivity index (χ0v) is 15.3. The second-order valence-corrected chi connectivity index (χ2v) is 6.94. The van der Waals surface area contributed by atoms with Gasteiger partial charge < -0.3 is 15.8 Å². The summed E-state index contributed by atoms with van der Waals surface area (Å²) < 4.78 is 6.74. The van der Waals surface area contributed by atoms with E-state index in [2.05, 4.69) is 20.4 Å². The highest BCUT2D eigenvalue weighted by molar-refractivity contribution is 6.05. The quantitative estimate of drug-likeness (QED) is 0.660. The van der Waals surface area contributed by atoms with Gasteiger partial charge in [0.2, 0.25) is 0 Å². The zero-order chi connectivity index (χ0) is 19.6. The van der Waals surface area contributed by atoms with E-state index in [0.29, 0.717) is 22.3 Å². The lowest BCUT2D eigenvalue weighted by Crippen LogP contribution is -2.27. The number of carbonyl (C=O) groups is 2. The fraction of sp³-hybridized carbons (Fsp3) is 0.278. The first-order chi connectivity index (χ1) is 12.7. The van der Waals surface area contributed by atoms with E-state index >= 15 is 0 Å². The topological polar surface area (TPSA) is 125 Å². The molecule has 0 aliphatic carbocycles. The summed E-state index contributed by atoms with van der Waals surface area (Å²) >= 11 is 0. The number of hydrogen-bond acceptors (Lipinski definition) is 7. The van der Waals surface area contributed by atoms with Crippen LogP contribution in [0.2, 0.25) is 0 Å². The Morgan fingerprint density at radius 1 is 1.19 bits per heavy atom. The van der Waals surface area contributed by atoms with Crippen molar-refractivity contribution in [1.29, 1.82) is 0 Å². The van der Waals surface area contributed by atoms with Crippen LogP contribution in [-0.2, 0) is 16.1 Å². The van der Waals surface area contributed by atoms with Crippen LogP contribution < -0.4 is 11.1 Å². The predicted molar refractivity (Wildman–Crippen MR) is 99.4 cm³/mol. The molecule has 0 radical (unpaired) electrons. The average molecular weight is 368 g/mol. The average Bonchev–Trinajstić information content (AvgIpc) is 2.92. The van der Waals surface area contributed by atoms with E-state index in [0.717, 1.165) is 0 Å². The molecule has 0 saturated heterocycles. The number of carbonyl (C=O) groups excluding carboxylic acids is 2. The molecule has 3 rings (SSSR count). The first-order valence-electron chi connectivity index (χ1n) is 8.27. The maximum atomic E-state index is 12.1. The molecule has 0 atom stereocenters. The molecule has 27 heavy (non-hydrogen) atoms. The van der Waals surface area contributed by atoms with Gasteiger partial charge in [-0.3, -0.25) is 14.3 Å². The van der Waals surface area contributed by atoms with Crippen LogP contribution in [0.4, 0.5) is 11.4 Å². The number of aromatic nitrogens is 4. The molecule has 0 bridgehead atoms. The van der Waals surface area contributed by atoms with E-state index in [4.69, 9.17) is 10.5 Å². The molecular weight excluding hydrogens is 348 g/mol. The van der Waals surface area contributed by atoms with Crippen LogP contribution >= 0.6 is 0 Å². The Morgan fingerprint density at radius 3 is 2.52 bits per heavy atom. The second kappa shape index (κ2) is 7.02. The summed E-state index contributed by atoms with van der Waals surface area (Å²) in [5.41, 5.74) is 6.93. The standard InChI is InChI=1S/C18H20N6O3/c1-18(2,3)27-15(25)9-24-14-5-4-11(22-12-7-20-10-21-8-12)6-13(14)16(23-24)17(19)26/h4-8,10,22H,9H2,1-3H3,(H2,19,26). The van der Waals surface area contributed by atoms with Gasteiger partial charge in [0.25, 0.3) is 5.91 Å². The number of fused-ring (bicyclic) bond motifs is 1. The number of benzene rings is 1. The van der Waals surface area contributed by atoms with Gasteiger partial charge >= 0.3 is 5.97 Å². The molecule has 0 aliphatic rings. The van der Waals surface area contributed by atoms with Crippen LogP contribution in [0.5, 0.6) is 0 Å². The summed E-state index contributed by atoms with van der Waals surface area (Å²) in [6.45, 7) is 5.23. The van der Waals surface area contributed by atoms with Gasteiger partial charge in [-0.05, 0) is 39.0 Å². The smallest absolute Gasteiger partial charge is 0.328 e. The van der Waals surface area contributed by atoms with E-state index in [9.17, 15) is 9.59 Å². The van der Waals surface area contributed by atoms with Crippen molar-refractivity contribution in [2.45, 2.75) is 32.9 Å². The molecule has 1 amide bonds. The molecule has 0 aliphatic heterocycles. The van der Waals surface area contributed by atoms with Gasteiger partial charge in [0.15, 0.2) is 5.69 Å². The normalized spacial score (nSPS) is 11.4. The van der Waals surface area contributed by atoms with Gasteiger partial charge in [0.05, 0.1) is 23.6 Å². The lowest BCUT2D eigenvalue weighted by Gasteiger charge is -2.19. The number of nitrogens with two attached hydrogens (primary N) is 1. The third kappa shape index (κ3) is 4.38. The van der Waals surface area contributed by atoms with Gasteiger partial charge in [-0.2, -0.15) is 5.10 Å². The first kappa shape index (κ1) is 18.3. The second-order valence-electron chi connectivity index (χ2n) is 6.94. The van der Waals surface area contributed by atoms with Crippen molar-refractivity contribution in [3.8, 4) is 0 Å². The number of hydrogen-bond donors (Lipinski definition) is 2. The number of primary amides is 1. The fourth-order valence-electron chi connectivity index (χ4n) is 2.59. The van der Waals surface area contributed by atoms with Crippen molar-refractivity contribution < 1.29 is 14.3 Å². The summed E-state index contributed by atoms with van der Waals surface area (Å²) in [4.78, 5) is 31.8. The Bertz CT molecular complexity index is 991. The molecule has 2 aromatic heterocycles. The zero-order valence-electron chi connectivity index (χ0n) is 15.3. The van der Waals surface area contributed by atoms with Crippen molar-refractivity contribution in [1.82, 2.24) is 19.7 Å². The summed E-state index contributed by atoms with van der Waals surface area (Å²) in [7, 11) is 0. The maximum Gasteiger partial charge on any atom is 0.328 e. The molecule has 0 fully saturated rings. The Labute approximate surface area is 155 Å². The highest BCUT2D eigenvalue weighted by Gasteiger charge is 2.20. The number of nitrogens with zero attached hydrogens (tertiary/aromatic N) is 4. The number of anilines is 2. The van der Waals surface area contributed by atoms with Gasteiger partial charge in [-0.15, -0.1) is 0 Å². The van der Waals surface area contributed by atoms with Crippen LogP contribution in [0.3, 0.4) is 0 Å². The van der Waals surface area contributed by atoms with Crippen molar-refractivity contribution in [2.75, 3.05) is 5.32 Å². The molecule has 0 saturated carbocycles. The number of amides is 1. The molecule has 9 nitrogen and oxygen atoms in total. The van der Waals surface area contributed by atoms with E-state index in [1.165, 1.54) is 11.0 Å². The van der Waals surface area contributed by atoms with Crippen molar-refractivity contribution in [3.63, 3.8) is 0 Å². The summed E-state index contributed by atoms with van der Waals surface area (Å²) in [6.07, 6.45) is 4.68. The Kier molecular flexibility index (Phi) is 4.76. The minimum Gasteiger partial charge on any atom is -0.459 e. The Morgan fingerprint density at radius 2 is 1.89 bits per heavy atom. The van der Waals surface area contributed by atoms with Crippen LogP contribution in [-0.4, -0.2) is 37.2 Å². The third-order valence-corrected chi connectivity index (χ3v) is 3.53. The van der Waals surface area contributed by atoms with Crippen molar-refractivity contribution in [2.24, 2.45) is 5.73 Å². The van der Waals surface area contributed by atoms with Gasteiger partial charge in [0.1, 0.15) is 18.5 Å². The summed E-state index contributed by atoms with van der Waals surface area (Å²) in [5.74, 6) is -1.13. The summed E-state index contributed by atoms with van der Waals surface area (Å²) in [6, 6.07) is 5.29. The van der Waals surface area contributed by atoms with Gasteiger partial charge in [0, 0.05) is 11.1 Å². The third-order valence-electron chi connectivity index (χ3n) is 3.53. The van der Waals surface area contributed by atoms with E-state index < -0.39 is 17.5 Å². The number of nitrogens with one attached hydrogen (secondary N) is 1. The highest BCUT2D eigenvalue weighted by atomic mass is 16.6. The van der Waals surface area contributed by atoms with Crippen LogP contribution in [0.25, 0.3) is 10.9 Å². The van der Waals surface area contributed by atoms with Gasteiger partial charge in [-0.1, -0.05) is 0 Å². The number of esters is 1. The van der Waals surface area contributed by atoms with E-state index in [1.54, 1.807) is 51.4 Å². The fourth-order valence-corrected chi connectivity index (χ4v) is 2.59. The number of rotatable bonds is 5. The molecule has 3 N–H and O–H groups in total. The maximum absolute atomic E-state index is 12.1. The molecule has 1 aromatic carbocycles. The molecule has 0 unspecified atom stereocenters. The first-order valence-corrected chi connectivity index (χ1v) is 8.27. The molecule has 140 valence electrons. The molecule has 2 heterocycles. The van der Waals surface area contributed by atoms with Crippen molar-refractivity contribution >= 4 is 34.2 Å². The van der Waals surface area contributed by atoms with Crippen LogP contribution in [0.15, 0.2) is 36.9 Å². The Hall–Kier alpha value is -3.49. The lowest BCUT2D eigenvalue weighted by atomic mass is 10.1. The predicted octanol–water partition coefficient (Wildman–Crippen LogP) is 2.01. The summed E-state index contributed by atoms with van der Waals surface area (Å²) in [5, 5.41) is 7.87. The number of ether oxygens (including phenoxy) is 1. The Balaban J connectivity index is 1.95. The SMILES string of the molecule is CC(C)(C)OC(=O)Cn1nc(C(N)=O)c2cc(Nc3cncnc3)ccc21. The van der Waals surface area contributed by atoms with Crippen LogP contribution in [0.1, 0.15) is 31.3 Å². The molecule has 0 spiro atoms. The highest BCUT2D eigenvalue weighted by Crippen LogP contribution is 2.25. The largest absolute Gasteiger partial charge is 0.459 e. The van der Waals surface area contributed by atoms with Crippen molar-refractivity contribution in [3.05, 3.63) is 42.6 Å². The van der Waals surface area contributed by atoms with Crippen LogP contribution in [0, 0.1) is 0 Å². The minimum absolute atomic E-state index is 0.0847. The van der Waals surface area contributed by atoms with Gasteiger partial charge in [-0.25, -0.2) is 9.97 Å². The molecular formula is C18H20N6O3. The lowest BCUT2D eigenvalue weighted by molar-refractivity contribution is -0.155. The molecule has 9 heteroatoms.